The molecule has 41 heavy (non-hydrogen) atoms. The second-order valence-electron chi connectivity index (χ2n) is 11.4. The molecule has 0 aromatic heterocycles. The molecule has 7 rings (SSSR count). The Labute approximate surface area is 239 Å². The SMILES string of the molecule is CCCC[C@H](C(=O)OCC(=O)Nc1cccc(C)c1C)N1C(=O)[C@@H]2C3c4ccccc4C(c4ccccc43)[C@@H]2C1=O. The molecule has 3 aromatic rings. The summed E-state index contributed by atoms with van der Waals surface area (Å²) in [5.74, 6) is -3.47. The Kier molecular flexibility index (Phi) is 6.98. The fourth-order valence-electron chi connectivity index (χ4n) is 7.06. The van der Waals surface area contributed by atoms with E-state index in [1.54, 1.807) is 6.07 Å². The van der Waals surface area contributed by atoms with Gasteiger partial charge in [0.2, 0.25) is 11.8 Å². The number of unbranched alkanes of at least 4 members (excludes halogenated alkanes) is 1. The minimum absolute atomic E-state index is 0.245. The van der Waals surface area contributed by atoms with E-state index in [9.17, 15) is 19.2 Å². The number of carbonyl (C=O) groups is 4. The smallest absolute Gasteiger partial charge is 0.329 e. The molecule has 0 unspecified atom stereocenters. The minimum Gasteiger partial charge on any atom is -0.454 e. The van der Waals surface area contributed by atoms with Gasteiger partial charge in [-0.2, -0.15) is 0 Å². The zero-order chi connectivity index (χ0) is 28.8. The van der Waals surface area contributed by atoms with Crippen LogP contribution < -0.4 is 5.32 Å². The highest BCUT2D eigenvalue weighted by Gasteiger charge is 2.63. The summed E-state index contributed by atoms with van der Waals surface area (Å²) < 4.78 is 5.46. The summed E-state index contributed by atoms with van der Waals surface area (Å²) in [6.07, 6.45) is 1.70. The van der Waals surface area contributed by atoms with Crippen LogP contribution in [0.3, 0.4) is 0 Å². The molecule has 0 saturated carbocycles. The molecule has 4 aliphatic rings. The fraction of sp³-hybridized carbons (Fsp3) is 0.353. The average molecular weight is 551 g/mol. The molecule has 210 valence electrons. The first-order valence-corrected chi connectivity index (χ1v) is 14.4. The quantitative estimate of drug-likeness (QED) is 0.306. The molecule has 0 spiro atoms. The van der Waals surface area contributed by atoms with Crippen LogP contribution in [0.15, 0.2) is 66.7 Å². The number of nitrogens with one attached hydrogen (secondary N) is 1. The van der Waals surface area contributed by atoms with E-state index < -0.39 is 36.4 Å². The highest BCUT2D eigenvalue weighted by Crippen LogP contribution is 2.61. The first kappa shape index (κ1) is 26.9. The summed E-state index contributed by atoms with van der Waals surface area (Å²) in [5, 5.41) is 2.79. The molecule has 2 bridgehead atoms. The van der Waals surface area contributed by atoms with Gasteiger partial charge in [-0.05, 0) is 59.7 Å². The second kappa shape index (κ2) is 10.6. The number of likely N-dealkylation sites (tertiary alicyclic amines) is 1. The predicted octanol–water partition coefficient (Wildman–Crippen LogP) is 5.24. The Morgan fingerprint density at radius 2 is 1.37 bits per heavy atom. The van der Waals surface area contributed by atoms with E-state index in [4.69, 9.17) is 4.74 Å². The number of carbonyl (C=O) groups excluding carboxylic acids is 4. The number of rotatable bonds is 8. The summed E-state index contributed by atoms with van der Waals surface area (Å²) in [4.78, 5) is 55.6. The summed E-state index contributed by atoms with van der Waals surface area (Å²) >= 11 is 0. The monoisotopic (exact) mass is 550 g/mol. The molecule has 7 nitrogen and oxygen atoms in total. The number of nitrogens with zero attached hydrogens (tertiary/aromatic N) is 1. The number of benzene rings is 3. The molecule has 1 N–H and O–H groups in total. The van der Waals surface area contributed by atoms with E-state index in [-0.39, 0.29) is 23.7 Å². The molecular weight excluding hydrogens is 516 g/mol. The number of anilines is 1. The molecule has 1 saturated heterocycles. The van der Waals surface area contributed by atoms with Crippen molar-refractivity contribution in [3.63, 3.8) is 0 Å². The molecular formula is C34H34N2O5. The van der Waals surface area contributed by atoms with Crippen LogP contribution in [0.4, 0.5) is 5.69 Å². The topological polar surface area (TPSA) is 92.8 Å². The third kappa shape index (κ3) is 4.35. The van der Waals surface area contributed by atoms with Gasteiger partial charge in [0.15, 0.2) is 6.61 Å². The molecule has 1 aliphatic heterocycles. The molecule has 3 aromatic carbocycles. The van der Waals surface area contributed by atoms with Crippen LogP contribution >= 0.6 is 0 Å². The second-order valence-corrected chi connectivity index (χ2v) is 11.4. The lowest BCUT2D eigenvalue weighted by Gasteiger charge is -2.45. The van der Waals surface area contributed by atoms with Crippen LogP contribution in [0.1, 0.15) is 71.4 Å². The maximum atomic E-state index is 14.1. The van der Waals surface area contributed by atoms with Crippen molar-refractivity contribution in [2.24, 2.45) is 11.8 Å². The summed E-state index contributed by atoms with van der Waals surface area (Å²) in [7, 11) is 0. The first-order chi connectivity index (χ1) is 19.8. The Morgan fingerprint density at radius 3 is 1.88 bits per heavy atom. The Balaban J connectivity index is 1.26. The van der Waals surface area contributed by atoms with Gasteiger partial charge in [-0.3, -0.25) is 19.3 Å². The normalized spacial score (nSPS) is 22.6. The van der Waals surface area contributed by atoms with Crippen LogP contribution in [-0.4, -0.2) is 41.2 Å². The Morgan fingerprint density at radius 1 is 0.829 bits per heavy atom. The number of esters is 1. The van der Waals surface area contributed by atoms with Gasteiger partial charge in [-0.1, -0.05) is 80.4 Å². The van der Waals surface area contributed by atoms with Crippen molar-refractivity contribution >= 4 is 29.4 Å². The van der Waals surface area contributed by atoms with Crippen molar-refractivity contribution in [1.82, 2.24) is 4.90 Å². The van der Waals surface area contributed by atoms with E-state index in [1.807, 2.05) is 57.2 Å². The van der Waals surface area contributed by atoms with Gasteiger partial charge < -0.3 is 10.1 Å². The number of ether oxygens (including phenoxy) is 1. The molecule has 3 aliphatic carbocycles. The van der Waals surface area contributed by atoms with Crippen molar-refractivity contribution in [2.75, 3.05) is 11.9 Å². The van der Waals surface area contributed by atoms with Crippen LogP contribution in [-0.2, 0) is 23.9 Å². The van der Waals surface area contributed by atoms with Crippen molar-refractivity contribution in [3.05, 3.63) is 100 Å². The molecule has 3 atom stereocenters. The van der Waals surface area contributed by atoms with Crippen molar-refractivity contribution < 1.29 is 23.9 Å². The minimum atomic E-state index is -1.07. The van der Waals surface area contributed by atoms with Gasteiger partial charge in [0, 0.05) is 17.5 Å². The van der Waals surface area contributed by atoms with Gasteiger partial charge in [0.05, 0.1) is 11.8 Å². The van der Waals surface area contributed by atoms with E-state index in [0.29, 0.717) is 18.5 Å². The third-order valence-corrected chi connectivity index (χ3v) is 9.12. The molecule has 1 heterocycles. The van der Waals surface area contributed by atoms with Gasteiger partial charge in [-0.15, -0.1) is 0 Å². The number of hydrogen-bond acceptors (Lipinski definition) is 5. The van der Waals surface area contributed by atoms with Crippen LogP contribution in [0.2, 0.25) is 0 Å². The van der Waals surface area contributed by atoms with Gasteiger partial charge in [0.25, 0.3) is 5.91 Å². The lowest BCUT2D eigenvalue weighted by atomic mass is 9.55. The molecule has 3 amide bonds. The third-order valence-electron chi connectivity index (χ3n) is 9.12. The summed E-state index contributed by atoms with van der Waals surface area (Å²) in [6.45, 7) is 5.35. The van der Waals surface area contributed by atoms with E-state index in [0.717, 1.165) is 39.8 Å². The summed E-state index contributed by atoms with van der Waals surface area (Å²) in [5.41, 5.74) is 6.93. The highest BCUT2D eigenvalue weighted by atomic mass is 16.5. The van der Waals surface area contributed by atoms with Crippen molar-refractivity contribution in [3.8, 4) is 0 Å². The largest absolute Gasteiger partial charge is 0.454 e. The predicted molar refractivity (Wildman–Crippen MR) is 154 cm³/mol. The maximum absolute atomic E-state index is 14.1. The number of hydrogen-bond donors (Lipinski definition) is 1. The van der Waals surface area contributed by atoms with Gasteiger partial charge >= 0.3 is 5.97 Å². The zero-order valence-corrected chi connectivity index (χ0v) is 23.6. The van der Waals surface area contributed by atoms with Gasteiger partial charge in [-0.25, -0.2) is 4.79 Å². The van der Waals surface area contributed by atoms with Crippen LogP contribution in [0, 0.1) is 25.7 Å². The van der Waals surface area contributed by atoms with Crippen molar-refractivity contribution in [2.45, 2.75) is 57.9 Å². The molecule has 1 fully saturated rings. The summed E-state index contributed by atoms with van der Waals surface area (Å²) in [6, 6.07) is 20.6. The van der Waals surface area contributed by atoms with Gasteiger partial charge in [0.1, 0.15) is 6.04 Å². The Hall–Kier alpha value is -4.26. The number of amides is 3. The van der Waals surface area contributed by atoms with Crippen LogP contribution in [0.25, 0.3) is 0 Å². The molecule has 7 heteroatoms. The zero-order valence-electron chi connectivity index (χ0n) is 23.6. The lowest BCUT2D eigenvalue weighted by Crippen LogP contribution is -2.47. The van der Waals surface area contributed by atoms with Crippen molar-refractivity contribution in [1.29, 1.82) is 0 Å². The van der Waals surface area contributed by atoms with E-state index in [2.05, 4.69) is 29.6 Å². The van der Waals surface area contributed by atoms with E-state index >= 15 is 0 Å². The lowest BCUT2D eigenvalue weighted by molar-refractivity contribution is -0.160. The standard InChI is InChI=1S/C34H34N2O5/c1-4-5-17-26(34(40)41-18-27(37)35-25-16-10-11-19(2)20(25)3)36-32(38)30-28-21-12-6-7-13-22(21)29(31(30)33(36)39)24-15-9-8-14-23(24)28/h6-16,26,28-31H,4-5,17-18H2,1-3H3,(H,35,37)/t26-,28?,29?,30-,31+/m1/s1. The maximum Gasteiger partial charge on any atom is 0.329 e. The Bertz CT molecular complexity index is 1450. The van der Waals surface area contributed by atoms with E-state index in [1.165, 1.54) is 4.90 Å². The first-order valence-electron chi connectivity index (χ1n) is 14.4. The fourth-order valence-corrected chi connectivity index (χ4v) is 7.06. The molecule has 0 radical (unpaired) electrons. The highest BCUT2D eigenvalue weighted by molar-refractivity contribution is 6.10. The number of imide groups is 1. The number of aryl methyl sites for hydroxylation is 1. The van der Waals surface area contributed by atoms with Crippen LogP contribution in [0.5, 0.6) is 0 Å². The average Bonchev–Trinajstić information content (AvgIpc) is 3.24.